The molecule has 39 heavy (non-hydrogen) atoms. The fourth-order valence-electron chi connectivity index (χ4n) is 5.74. The van der Waals surface area contributed by atoms with Gasteiger partial charge in [0.2, 0.25) is 11.7 Å². The summed E-state index contributed by atoms with van der Waals surface area (Å²) < 4.78 is 11.3. The van der Waals surface area contributed by atoms with E-state index in [1.807, 2.05) is 32.0 Å². The van der Waals surface area contributed by atoms with E-state index in [9.17, 15) is 14.9 Å². The zero-order chi connectivity index (χ0) is 27.5. The predicted octanol–water partition coefficient (Wildman–Crippen LogP) is 5.45. The van der Waals surface area contributed by atoms with E-state index in [2.05, 4.69) is 21.5 Å². The zero-order valence-electron chi connectivity index (χ0n) is 22.1. The monoisotopic (exact) mass is 528 g/mol. The second-order valence-electron chi connectivity index (χ2n) is 10.7. The first-order chi connectivity index (χ1) is 18.8. The van der Waals surface area contributed by atoms with Crippen LogP contribution in [0.2, 0.25) is 0 Å². The van der Waals surface area contributed by atoms with Crippen LogP contribution < -0.4 is 10.1 Å². The number of carbonyl (C=O) groups excluding carboxylic acids is 1. The third-order valence-corrected chi connectivity index (χ3v) is 7.64. The van der Waals surface area contributed by atoms with Crippen LogP contribution in [0.3, 0.4) is 0 Å². The van der Waals surface area contributed by atoms with Crippen LogP contribution in [0.1, 0.15) is 75.1 Å². The molecule has 0 spiro atoms. The third kappa shape index (κ3) is 5.80. The highest BCUT2D eigenvalue weighted by Crippen LogP contribution is 2.39. The van der Waals surface area contributed by atoms with Crippen molar-refractivity contribution in [3.05, 3.63) is 53.1 Å². The summed E-state index contributed by atoms with van der Waals surface area (Å²) in [7, 11) is 0. The van der Waals surface area contributed by atoms with Crippen molar-refractivity contribution < 1.29 is 24.0 Å². The minimum absolute atomic E-state index is 0.0482. The lowest BCUT2D eigenvalue weighted by atomic mass is 9.80. The minimum Gasteiger partial charge on any atom is -0.490 e. The molecule has 5 rings (SSSR count). The maximum Gasteiger partial charge on any atom is 0.303 e. The van der Waals surface area contributed by atoms with Crippen LogP contribution in [0, 0.1) is 23.2 Å². The number of nitrogens with one attached hydrogen (secondary N) is 1. The van der Waals surface area contributed by atoms with Crippen molar-refractivity contribution in [2.75, 3.05) is 0 Å². The Labute approximate surface area is 227 Å². The van der Waals surface area contributed by atoms with Gasteiger partial charge in [0.25, 0.3) is 5.89 Å². The van der Waals surface area contributed by atoms with Crippen molar-refractivity contribution in [1.82, 2.24) is 15.5 Å². The van der Waals surface area contributed by atoms with Crippen LogP contribution in [-0.4, -0.2) is 33.2 Å². The van der Waals surface area contributed by atoms with E-state index in [1.54, 1.807) is 18.2 Å². The Kier molecular flexibility index (Phi) is 7.64. The molecule has 0 bridgehead atoms. The number of ether oxygens (including phenoxy) is 1. The molecular formula is C30H32N4O5. The topological polar surface area (TPSA) is 138 Å². The van der Waals surface area contributed by atoms with Crippen LogP contribution in [0.4, 0.5) is 0 Å². The molecule has 0 saturated heterocycles. The number of benzene rings is 2. The van der Waals surface area contributed by atoms with E-state index >= 15 is 0 Å². The standard InChI is InChI=1S/C30H32N4O5/c1-17(2)38-26-13-10-20(15-21(26)16-31)30-33-28(34-39-30)24-5-3-4-23-22(24)11-12-25(23)32-29(37)19-8-6-18(7-9-19)14-27(35)36/h3-5,10,13,15,17-19,25H,6-9,11-12,14H2,1-2H3,(H,32,37)(H,35,36)/t18?,19?,25-/m0/s1. The van der Waals surface area contributed by atoms with Gasteiger partial charge in [0.05, 0.1) is 17.7 Å². The number of nitrogens with zero attached hydrogens (tertiary/aromatic N) is 3. The fraction of sp³-hybridized carbons (Fsp3) is 0.433. The van der Waals surface area contributed by atoms with Gasteiger partial charge in [0, 0.05) is 23.5 Å². The fourth-order valence-corrected chi connectivity index (χ4v) is 5.74. The summed E-state index contributed by atoms with van der Waals surface area (Å²) in [4.78, 5) is 28.7. The molecule has 0 aliphatic heterocycles. The molecule has 2 N–H and O–H groups in total. The van der Waals surface area contributed by atoms with Crippen LogP contribution in [0.5, 0.6) is 5.75 Å². The Morgan fingerprint density at radius 3 is 2.69 bits per heavy atom. The van der Waals surface area contributed by atoms with Gasteiger partial charge in [0.1, 0.15) is 11.8 Å². The van der Waals surface area contributed by atoms with E-state index in [1.165, 1.54) is 0 Å². The minimum atomic E-state index is -0.768. The van der Waals surface area contributed by atoms with Crippen molar-refractivity contribution in [1.29, 1.82) is 5.26 Å². The summed E-state index contributed by atoms with van der Waals surface area (Å²) in [6.45, 7) is 3.81. The molecule has 9 nitrogen and oxygen atoms in total. The zero-order valence-corrected chi connectivity index (χ0v) is 22.1. The Balaban J connectivity index is 1.29. The highest BCUT2D eigenvalue weighted by molar-refractivity contribution is 5.80. The first-order valence-electron chi connectivity index (χ1n) is 13.5. The van der Waals surface area contributed by atoms with Crippen molar-refractivity contribution in [3.8, 4) is 34.7 Å². The number of carboxylic acids is 1. The predicted molar refractivity (Wildman–Crippen MR) is 143 cm³/mol. The molecule has 1 heterocycles. The number of fused-ring (bicyclic) bond motifs is 1. The molecule has 1 saturated carbocycles. The van der Waals surface area contributed by atoms with E-state index in [4.69, 9.17) is 14.4 Å². The second kappa shape index (κ2) is 11.3. The number of aliphatic carboxylic acids is 1. The number of nitriles is 1. The number of amides is 1. The normalized spacial score (nSPS) is 20.3. The van der Waals surface area contributed by atoms with Gasteiger partial charge < -0.3 is 19.7 Å². The largest absolute Gasteiger partial charge is 0.490 e. The molecule has 9 heteroatoms. The Morgan fingerprint density at radius 2 is 1.97 bits per heavy atom. The summed E-state index contributed by atoms with van der Waals surface area (Å²) in [5.41, 5.74) is 4.06. The van der Waals surface area contributed by atoms with Crippen LogP contribution in [0.25, 0.3) is 22.8 Å². The van der Waals surface area contributed by atoms with Crippen molar-refractivity contribution in [2.24, 2.45) is 11.8 Å². The number of rotatable bonds is 8. The summed E-state index contributed by atoms with van der Waals surface area (Å²) >= 11 is 0. The van der Waals surface area contributed by atoms with Crippen LogP contribution in [0.15, 0.2) is 40.9 Å². The first-order valence-corrected chi connectivity index (χ1v) is 13.5. The lowest BCUT2D eigenvalue weighted by molar-refractivity contribution is -0.138. The first kappa shape index (κ1) is 26.4. The number of hydrogen-bond donors (Lipinski definition) is 2. The van der Waals surface area contributed by atoms with Gasteiger partial charge in [-0.1, -0.05) is 23.4 Å². The van der Waals surface area contributed by atoms with E-state index < -0.39 is 5.97 Å². The third-order valence-electron chi connectivity index (χ3n) is 7.64. The number of carbonyl (C=O) groups is 2. The lowest BCUT2D eigenvalue weighted by Gasteiger charge is -2.28. The van der Waals surface area contributed by atoms with Gasteiger partial charge in [-0.05, 0) is 87.6 Å². The molecule has 1 amide bonds. The van der Waals surface area contributed by atoms with E-state index in [0.717, 1.165) is 55.2 Å². The molecule has 1 aromatic heterocycles. The van der Waals surface area contributed by atoms with Crippen LogP contribution in [-0.2, 0) is 16.0 Å². The van der Waals surface area contributed by atoms with Gasteiger partial charge in [-0.15, -0.1) is 0 Å². The average Bonchev–Trinajstić information content (AvgIpc) is 3.56. The van der Waals surface area contributed by atoms with Gasteiger partial charge in [-0.2, -0.15) is 10.2 Å². The molecule has 0 unspecified atom stereocenters. The summed E-state index contributed by atoms with van der Waals surface area (Å²) in [6, 6.07) is 13.2. The molecule has 2 aliphatic carbocycles. The summed E-state index contributed by atoms with van der Waals surface area (Å²) in [5.74, 6) is 0.668. The van der Waals surface area contributed by atoms with Crippen molar-refractivity contribution in [3.63, 3.8) is 0 Å². The Hall–Kier alpha value is -4.19. The van der Waals surface area contributed by atoms with Crippen molar-refractivity contribution in [2.45, 2.75) is 70.9 Å². The number of aromatic nitrogens is 2. The van der Waals surface area contributed by atoms with Crippen molar-refractivity contribution >= 4 is 11.9 Å². The highest BCUT2D eigenvalue weighted by Gasteiger charge is 2.32. The summed E-state index contributed by atoms with van der Waals surface area (Å²) in [6.07, 6.45) is 4.72. The van der Waals surface area contributed by atoms with Gasteiger partial charge in [-0.25, -0.2) is 0 Å². The van der Waals surface area contributed by atoms with E-state index in [-0.39, 0.29) is 36.3 Å². The number of carboxylic acid groups (broad SMARTS) is 1. The Morgan fingerprint density at radius 1 is 1.18 bits per heavy atom. The molecular weight excluding hydrogens is 496 g/mol. The van der Waals surface area contributed by atoms with E-state index in [0.29, 0.717) is 28.6 Å². The van der Waals surface area contributed by atoms with Crippen LogP contribution >= 0.6 is 0 Å². The van der Waals surface area contributed by atoms with Gasteiger partial charge in [0.15, 0.2) is 0 Å². The smallest absolute Gasteiger partial charge is 0.303 e. The molecule has 2 aliphatic rings. The second-order valence-corrected chi connectivity index (χ2v) is 10.7. The number of hydrogen-bond acceptors (Lipinski definition) is 7. The quantitative estimate of drug-likeness (QED) is 0.394. The molecule has 0 radical (unpaired) electrons. The van der Waals surface area contributed by atoms with Gasteiger partial charge in [-0.3, -0.25) is 9.59 Å². The molecule has 2 aromatic carbocycles. The maximum atomic E-state index is 13.0. The molecule has 1 fully saturated rings. The maximum absolute atomic E-state index is 13.0. The van der Waals surface area contributed by atoms with Gasteiger partial charge >= 0.3 is 5.97 Å². The molecule has 3 aromatic rings. The highest BCUT2D eigenvalue weighted by atomic mass is 16.5. The lowest BCUT2D eigenvalue weighted by Crippen LogP contribution is -2.35. The summed E-state index contributed by atoms with van der Waals surface area (Å²) in [5, 5.41) is 26.1. The SMILES string of the molecule is CC(C)Oc1ccc(-c2nc(-c3cccc4c3CC[C@@H]4NC(=O)C3CCC(CC(=O)O)CC3)no2)cc1C#N. The molecule has 202 valence electrons. The Bertz CT molecular complexity index is 1410. The molecule has 1 atom stereocenters. The average molecular weight is 529 g/mol.